The molecule has 0 saturated carbocycles. The van der Waals surface area contributed by atoms with Crippen LogP contribution in [0.25, 0.3) is 24.6 Å². The van der Waals surface area contributed by atoms with Gasteiger partial charge in [-0.15, -0.1) is 0 Å². The van der Waals surface area contributed by atoms with Crippen molar-refractivity contribution in [1.29, 1.82) is 0 Å². The van der Waals surface area contributed by atoms with E-state index in [4.69, 9.17) is 0 Å². The first-order valence-corrected chi connectivity index (χ1v) is 0. The smallest absolute Gasteiger partial charge is 3.00 e. The van der Waals surface area contributed by atoms with Crippen molar-refractivity contribution in [3.05, 3.63) is 24.6 Å². The molecule has 0 N–H and O–H groups in total. The molecule has 0 atom stereocenters. The fourth-order valence-corrected chi connectivity index (χ4v) is 0. The van der Waals surface area contributed by atoms with Gasteiger partial charge in [-0.2, -0.15) is 0 Å². The van der Waals surface area contributed by atoms with Gasteiger partial charge in [0.1, 0.15) is 0 Å². The summed E-state index contributed by atoms with van der Waals surface area (Å²) >= 11 is 0. The van der Waals surface area contributed by atoms with Crippen LogP contribution >= 0.6 is 0 Å². The summed E-state index contributed by atoms with van der Waals surface area (Å²) in [4.78, 5) is 0. The molecule has 0 aliphatic rings. The number of hydrogen-bond donors (Lipinski definition) is 0. The van der Waals surface area contributed by atoms with Crippen LogP contribution < -0.4 is 0 Å². The Labute approximate surface area is 102 Å². The summed E-state index contributed by atoms with van der Waals surface area (Å²) in [5.74, 6) is 0. The molecule has 4 nitrogen and oxygen atoms in total. The van der Waals surface area contributed by atoms with Crippen LogP contribution in [0.1, 0.15) is 0 Å². The molecule has 0 saturated heterocycles. The molecule has 0 fully saturated rings. The van der Waals surface area contributed by atoms with E-state index in [9.17, 15) is 0 Å². The van der Waals surface area contributed by atoms with Gasteiger partial charge >= 0.3 is 52.8 Å². The molecule has 10 heavy (non-hydrogen) atoms. The van der Waals surface area contributed by atoms with Crippen LogP contribution in [0.2, 0.25) is 0 Å². The van der Waals surface area contributed by atoms with Crippen molar-refractivity contribution in [2.45, 2.75) is 0 Å². The van der Waals surface area contributed by atoms with Crippen molar-refractivity contribution < 1.29 is 0 Å². The Morgan fingerprint density at radius 3 is 0.300 bits per heavy atom. The van der Waals surface area contributed by atoms with Gasteiger partial charge in [0.2, 0.25) is 0 Å². The summed E-state index contributed by atoms with van der Waals surface area (Å²) in [6.07, 6.45) is 0. The zero-order valence-electron chi connectivity index (χ0n) is 3.29. The summed E-state index contributed by atoms with van der Waals surface area (Å²) in [6, 6.07) is 0. The first-order chi connectivity index (χ1) is 0. The van der Waals surface area contributed by atoms with Gasteiger partial charge in [0, 0.05) is 0 Å². The summed E-state index contributed by atoms with van der Waals surface area (Å²) in [6.45, 7) is 0. The van der Waals surface area contributed by atoms with E-state index in [1.54, 1.807) is 0 Å². The Kier molecular flexibility index (Phi) is 17300. The van der Waals surface area contributed by atoms with E-state index in [2.05, 4.69) is 0 Å². The zero-order chi connectivity index (χ0) is 0. The fourth-order valence-electron chi connectivity index (χ4n) is 0. The molecule has 0 heterocycles. The van der Waals surface area contributed by atoms with Gasteiger partial charge in [-0.05, 0) is 0 Å². The Morgan fingerprint density at radius 2 is 0.300 bits per heavy atom. The van der Waals surface area contributed by atoms with Crippen LogP contribution in [-0.2, 0) is 0 Å². The predicted octanol–water partition coefficient (Wildman–Crippen LogP) is -3.54. The SMILES string of the molecule is B.B.B.[Ge+4].[Ge+4].[Ge+4].[N-3].[N-3].[N-3].[N-3]. The van der Waals surface area contributed by atoms with Crippen LogP contribution in [0.5, 0.6) is 0 Å². The monoisotopic (exact) mass is 320 g/mol. The fraction of sp³-hybridized carbons (Fsp3) is 0. The average molecular weight is 315 g/mol. The Balaban J connectivity index is 0. The minimum atomic E-state index is 0. The van der Waals surface area contributed by atoms with Crippen molar-refractivity contribution in [1.82, 2.24) is 0 Å². The van der Waals surface area contributed by atoms with Crippen molar-refractivity contribution in [2.24, 2.45) is 0 Å². The average Bonchev–Trinajstić information content (AvgIpc) is 0. The van der Waals surface area contributed by atoms with Gasteiger partial charge < -0.3 is 24.6 Å². The Morgan fingerprint density at radius 1 is 0.300 bits per heavy atom. The van der Waals surface area contributed by atoms with E-state index >= 15 is 0 Å². The maximum Gasteiger partial charge on any atom is 4.00 e. The Hall–Kier alpha value is 1.66. The van der Waals surface area contributed by atoms with Gasteiger partial charge in [-0.1, -0.05) is 0 Å². The molecule has 0 radical (unpaired) electrons. The van der Waals surface area contributed by atoms with Gasteiger partial charge in [0.25, 0.3) is 0 Å². The molecule has 0 bridgehead atoms. The Bertz CT molecular complexity index is 15.7. The normalized spacial score (nSPS) is 0. The molecule has 10 heteroatoms. The van der Waals surface area contributed by atoms with Crippen molar-refractivity contribution in [2.75, 3.05) is 0 Å². The molecule has 0 aromatic rings. The van der Waals surface area contributed by atoms with Crippen molar-refractivity contribution in [3.63, 3.8) is 0 Å². The second kappa shape index (κ2) is 360. The molecule has 50 valence electrons. The van der Waals surface area contributed by atoms with E-state index in [-0.39, 0.29) is 103 Å². The maximum atomic E-state index is 0. The van der Waals surface area contributed by atoms with E-state index in [0.29, 0.717) is 0 Å². The van der Waals surface area contributed by atoms with Crippen LogP contribution in [-0.4, -0.2) is 78.0 Å². The van der Waals surface area contributed by atoms with Crippen LogP contribution in [0.15, 0.2) is 0 Å². The standard InChI is InChI=1S/3BH3.3Ge.4N/h3*1H3;;;;;;;/q;;;3*+4;4*-3. The third kappa shape index (κ3) is 262. The number of nitrogens with zero attached hydrogens (tertiary/aromatic N) is 4. The quantitative estimate of drug-likeness (QED) is 0.411. The topological polar surface area (TPSA) is 122 Å². The first-order valence-electron chi connectivity index (χ1n) is 0. The first kappa shape index (κ1) is 479. The van der Waals surface area contributed by atoms with E-state index < -0.39 is 0 Å². The van der Waals surface area contributed by atoms with Crippen molar-refractivity contribution >= 4 is 78.0 Å². The molecule has 0 amide bonds. The summed E-state index contributed by atoms with van der Waals surface area (Å²) in [5, 5.41) is 0. The van der Waals surface area contributed by atoms with E-state index in [1.165, 1.54) is 0 Å². The molecule has 0 aromatic carbocycles. The molecule has 0 rings (SSSR count). The van der Waals surface area contributed by atoms with Gasteiger partial charge in [0.15, 0.2) is 0 Å². The second-order valence-corrected chi connectivity index (χ2v) is 0. The molecular weight excluding hydrogens is 306 g/mol. The van der Waals surface area contributed by atoms with Gasteiger partial charge in [-0.3, -0.25) is 0 Å². The molecule has 0 unspecified atom stereocenters. The third-order valence-corrected chi connectivity index (χ3v) is 0. The summed E-state index contributed by atoms with van der Waals surface area (Å²) in [5.41, 5.74) is 0. The van der Waals surface area contributed by atoms with Gasteiger partial charge in [0.05, 0.1) is 25.2 Å². The number of hydrogen-bond acceptors (Lipinski definition) is 0. The number of rotatable bonds is 0. The minimum Gasteiger partial charge on any atom is -3.00 e. The van der Waals surface area contributed by atoms with Gasteiger partial charge in [-0.25, -0.2) is 0 Å². The molecular formula is H9B3Ge3N4. The zero-order valence-corrected chi connectivity index (χ0v) is 9.58. The molecule has 0 spiro atoms. The van der Waals surface area contributed by atoms with Crippen LogP contribution in [0.4, 0.5) is 0 Å². The van der Waals surface area contributed by atoms with Crippen LogP contribution in [0.3, 0.4) is 0 Å². The maximum absolute atomic E-state index is 0. The summed E-state index contributed by atoms with van der Waals surface area (Å²) < 4.78 is 0. The summed E-state index contributed by atoms with van der Waals surface area (Å²) in [7, 11) is 0. The van der Waals surface area contributed by atoms with E-state index in [1.807, 2.05) is 0 Å². The largest absolute Gasteiger partial charge is 4.00 e. The van der Waals surface area contributed by atoms with E-state index in [0.717, 1.165) is 0 Å². The van der Waals surface area contributed by atoms with Crippen LogP contribution in [0, 0.1) is 0 Å². The minimum absolute atomic E-state index is 0. The predicted molar refractivity (Wildman–Crippen MR) is 60.5 cm³/mol. The third-order valence-electron chi connectivity index (χ3n) is 0. The van der Waals surface area contributed by atoms with Crippen molar-refractivity contribution in [3.8, 4) is 0 Å². The molecule has 0 aliphatic carbocycles. The molecule has 0 aliphatic heterocycles. The molecule has 0 aromatic heterocycles. The second-order valence-electron chi connectivity index (χ2n) is 0.